The van der Waals surface area contributed by atoms with Gasteiger partial charge in [-0.05, 0) is 44.9 Å². The van der Waals surface area contributed by atoms with Crippen LogP contribution in [0.5, 0.6) is 0 Å². The van der Waals surface area contributed by atoms with E-state index >= 15 is 0 Å². The van der Waals surface area contributed by atoms with Gasteiger partial charge in [0.15, 0.2) is 0 Å². The Labute approximate surface area is 120 Å². The molecule has 1 aromatic rings. The normalized spacial score (nSPS) is 24.2. The third-order valence-electron chi connectivity index (χ3n) is 3.81. The van der Waals surface area contributed by atoms with Crippen LogP contribution < -0.4 is 5.73 Å². The zero-order chi connectivity index (χ0) is 14.9. The number of benzene rings is 1. The van der Waals surface area contributed by atoms with Crippen molar-refractivity contribution < 1.29 is 8.42 Å². The van der Waals surface area contributed by atoms with Gasteiger partial charge in [0.25, 0.3) is 0 Å². The number of nitrogens with two attached hydrogens (primary N) is 1. The molecule has 20 heavy (non-hydrogen) atoms. The van der Waals surface area contributed by atoms with E-state index < -0.39 is 10.0 Å². The van der Waals surface area contributed by atoms with Crippen molar-refractivity contribution in [2.24, 2.45) is 0 Å². The van der Waals surface area contributed by atoms with E-state index in [1.165, 1.54) is 18.2 Å². The highest BCUT2D eigenvalue weighted by molar-refractivity contribution is 7.89. The monoisotopic (exact) mass is 293 g/mol. The first kappa shape index (κ1) is 14.8. The van der Waals surface area contributed by atoms with Crippen LogP contribution in [0.2, 0.25) is 0 Å². The molecule has 1 aromatic carbocycles. The Hall–Kier alpha value is -1.58. The van der Waals surface area contributed by atoms with Crippen LogP contribution in [-0.4, -0.2) is 24.8 Å². The standard InChI is InChI=1S/C14H19N3O2S/c1-10-4-3-5-11(2)17(10)20(18,19)14-7-6-12(9-15)8-13(14)16/h6-8,10-11H,3-5,16H2,1-2H3/t10-,11+. The maximum absolute atomic E-state index is 12.8. The smallest absolute Gasteiger partial charge is 0.245 e. The lowest BCUT2D eigenvalue weighted by Crippen LogP contribution is -2.47. The predicted molar refractivity (Wildman–Crippen MR) is 77.4 cm³/mol. The summed E-state index contributed by atoms with van der Waals surface area (Å²) in [4.78, 5) is 0.0945. The molecule has 1 saturated heterocycles. The summed E-state index contributed by atoms with van der Waals surface area (Å²) in [5.41, 5.74) is 6.32. The molecule has 0 amide bonds. The van der Waals surface area contributed by atoms with Gasteiger partial charge in [0.1, 0.15) is 4.90 Å². The van der Waals surface area contributed by atoms with Crippen LogP contribution in [0.15, 0.2) is 23.1 Å². The van der Waals surface area contributed by atoms with Crippen LogP contribution >= 0.6 is 0 Å². The number of sulfonamides is 1. The van der Waals surface area contributed by atoms with Crippen molar-refractivity contribution in [3.05, 3.63) is 23.8 Å². The van der Waals surface area contributed by atoms with Crippen LogP contribution in [0, 0.1) is 11.3 Å². The fourth-order valence-corrected chi connectivity index (χ4v) is 4.82. The molecule has 2 N–H and O–H groups in total. The SMILES string of the molecule is C[C@@H]1CCC[C@H](C)N1S(=O)(=O)c1ccc(C#N)cc1N. The topological polar surface area (TPSA) is 87.2 Å². The molecule has 0 spiro atoms. The molecule has 0 aliphatic carbocycles. The number of nitrogens with zero attached hydrogens (tertiary/aromatic N) is 2. The maximum Gasteiger partial charge on any atom is 0.245 e. The van der Waals surface area contributed by atoms with Gasteiger partial charge in [-0.2, -0.15) is 9.57 Å². The van der Waals surface area contributed by atoms with Gasteiger partial charge in [0.05, 0.1) is 17.3 Å². The molecule has 2 rings (SSSR count). The second-order valence-corrected chi connectivity index (χ2v) is 7.14. The number of rotatable bonds is 2. The summed E-state index contributed by atoms with van der Waals surface area (Å²) in [7, 11) is -3.62. The fourth-order valence-electron chi connectivity index (χ4n) is 2.84. The molecule has 108 valence electrons. The molecular weight excluding hydrogens is 274 g/mol. The molecule has 1 heterocycles. The van der Waals surface area contributed by atoms with E-state index in [0.717, 1.165) is 19.3 Å². The minimum atomic E-state index is -3.62. The predicted octanol–water partition coefficient (Wildman–Crippen LogP) is 2.09. The molecule has 0 bridgehead atoms. The van der Waals surface area contributed by atoms with E-state index in [-0.39, 0.29) is 22.7 Å². The van der Waals surface area contributed by atoms with Crippen molar-refractivity contribution in [3.8, 4) is 6.07 Å². The van der Waals surface area contributed by atoms with Crippen molar-refractivity contribution in [1.82, 2.24) is 4.31 Å². The summed E-state index contributed by atoms with van der Waals surface area (Å²) in [6.07, 6.45) is 2.76. The van der Waals surface area contributed by atoms with Crippen molar-refractivity contribution in [3.63, 3.8) is 0 Å². The highest BCUT2D eigenvalue weighted by atomic mass is 32.2. The average molecular weight is 293 g/mol. The molecule has 0 unspecified atom stereocenters. The van der Waals surface area contributed by atoms with Crippen LogP contribution in [0.4, 0.5) is 5.69 Å². The fraction of sp³-hybridized carbons (Fsp3) is 0.500. The van der Waals surface area contributed by atoms with Gasteiger partial charge in [-0.25, -0.2) is 8.42 Å². The van der Waals surface area contributed by atoms with Gasteiger partial charge in [0, 0.05) is 12.1 Å². The van der Waals surface area contributed by atoms with Crippen molar-refractivity contribution in [1.29, 1.82) is 5.26 Å². The molecule has 1 aliphatic heterocycles. The van der Waals surface area contributed by atoms with E-state index in [1.807, 2.05) is 19.9 Å². The van der Waals surface area contributed by atoms with Gasteiger partial charge in [-0.1, -0.05) is 6.42 Å². The van der Waals surface area contributed by atoms with Crippen LogP contribution in [0.3, 0.4) is 0 Å². The first-order valence-corrected chi connectivity index (χ1v) is 8.15. The van der Waals surface area contributed by atoms with Gasteiger partial charge in [0.2, 0.25) is 10.0 Å². The molecule has 1 aliphatic rings. The molecule has 5 nitrogen and oxygen atoms in total. The maximum atomic E-state index is 12.8. The average Bonchev–Trinajstić information content (AvgIpc) is 2.37. The van der Waals surface area contributed by atoms with E-state index in [4.69, 9.17) is 11.0 Å². The number of hydrogen-bond donors (Lipinski definition) is 1. The molecule has 0 aromatic heterocycles. The summed E-state index contributed by atoms with van der Waals surface area (Å²) in [5, 5.41) is 8.82. The number of nitrogen functional groups attached to an aromatic ring is 1. The summed E-state index contributed by atoms with van der Waals surface area (Å²) in [5.74, 6) is 0. The van der Waals surface area contributed by atoms with E-state index in [9.17, 15) is 8.42 Å². The molecule has 1 fully saturated rings. The first-order valence-electron chi connectivity index (χ1n) is 6.71. The molecule has 0 radical (unpaired) electrons. The lowest BCUT2D eigenvalue weighted by Gasteiger charge is -2.37. The second-order valence-electron chi connectivity index (χ2n) is 5.33. The van der Waals surface area contributed by atoms with Gasteiger partial charge in [-0.15, -0.1) is 0 Å². The summed E-state index contributed by atoms with van der Waals surface area (Å²) < 4.78 is 27.1. The second kappa shape index (κ2) is 5.43. The minimum absolute atomic E-state index is 0.0289. The largest absolute Gasteiger partial charge is 0.398 e. The number of nitriles is 1. The zero-order valence-corrected chi connectivity index (χ0v) is 12.5. The number of anilines is 1. The summed E-state index contributed by atoms with van der Waals surface area (Å²) >= 11 is 0. The van der Waals surface area contributed by atoms with Crippen LogP contribution in [-0.2, 0) is 10.0 Å². The highest BCUT2D eigenvalue weighted by Gasteiger charge is 2.36. The number of hydrogen-bond acceptors (Lipinski definition) is 4. The van der Waals surface area contributed by atoms with Gasteiger partial charge in [-0.3, -0.25) is 0 Å². The third kappa shape index (κ3) is 2.51. The zero-order valence-electron chi connectivity index (χ0n) is 11.7. The minimum Gasteiger partial charge on any atom is -0.398 e. The van der Waals surface area contributed by atoms with Gasteiger partial charge < -0.3 is 5.73 Å². The molecule has 2 atom stereocenters. The quantitative estimate of drug-likeness (QED) is 0.846. The third-order valence-corrected chi connectivity index (χ3v) is 6.01. The van der Waals surface area contributed by atoms with Crippen molar-refractivity contribution in [2.75, 3.05) is 5.73 Å². The number of piperidine rings is 1. The Morgan fingerprint density at radius 1 is 1.30 bits per heavy atom. The summed E-state index contributed by atoms with van der Waals surface area (Å²) in [6, 6.07) is 6.22. The van der Waals surface area contributed by atoms with Crippen molar-refractivity contribution in [2.45, 2.75) is 50.1 Å². The van der Waals surface area contributed by atoms with E-state index in [1.54, 1.807) is 4.31 Å². The van der Waals surface area contributed by atoms with Crippen LogP contribution in [0.1, 0.15) is 38.7 Å². The summed E-state index contributed by atoms with van der Waals surface area (Å²) in [6.45, 7) is 3.85. The highest BCUT2D eigenvalue weighted by Crippen LogP contribution is 2.31. The molecular formula is C14H19N3O2S. The molecule has 6 heteroatoms. The van der Waals surface area contributed by atoms with Gasteiger partial charge >= 0.3 is 0 Å². The Balaban J connectivity index is 2.47. The van der Waals surface area contributed by atoms with E-state index in [2.05, 4.69) is 0 Å². The first-order chi connectivity index (χ1) is 9.37. The van der Waals surface area contributed by atoms with Crippen molar-refractivity contribution >= 4 is 15.7 Å². The Morgan fingerprint density at radius 2 is 1.90 bits per heavy atom. The van der Waals surface area contributed by atoms with Crippen LogP contribution in [0.25, 0.3) is 0 Å². The Morgan fingerprint density at radius 3 is 2.40 bits per heavy atom. The molecule has 0 saturated carbocycles. The Kier molecular flexibility index (Phi) is 4.02. The lowest BCUT2D eigenvalue weighted by molar-refractivity contribution is 0.204. The lowest BCUT2D eigenvalue weighted by atomic mass is 10.0. The van der Waals surface area contributed by atoms with E-state index in [0.29, 0.717) is 5.56 Å². The Bertz CT molecular complexity index is 639.